The number of aryl methyl sites for hydroxylation is 1. The third kappa shape index (κ3) is 3.47. The van der Waals surface area contributed by atoms with Crippen molar-refractivity contribution in [2.24, 2.45) is 0 Å². The quantitative estimate of drug-likeness (QED) is 0.771. The summed E-state index contributed by atoms with van der Waals surface area (Å²) in [4.78, 5) is 27.4. The molecule has 0 saturated heterocycles. The maximum absolute atomic E-state index is 11.8. The van der Waals surface area contributed by atoms with Gasteiger partial charge >= 0.3 is 12.0 Å². The van der Waals surface area contributed by atoms with Crippen LogP contribution in [0.2, 0.25) is 0 Å². The molecular formula is C13H19N3O3S. The number of nitrogens with zero attached hydrogens (tertiary/aromatic N) is 1. The summed E-state index contributed by atoms with van der Waals surface area (Å²) in [5.41, 5.74) is -0.104. The van der Waals surface area contributed by atoms with Crippen molar-refractivity contribution in [2.75, 3.05) is 6.54 Å². The van der Waals surface area contributed by atoms with E-state index in [2.05, 4.69) is 15.6 Å². The van der Waals surface area contributed by atoms with E-state index in [1.807, 2.05) is 12.3 Å². The molecule has 1 heterocycles. The van der Waals surface area contributed by atoms with E-state index in [4.69, 9.17) is 0 Å². The van der Waals surface area contributed by atoms with Crippen LogP contribution in [-0.4, -0.2) is 34.2 Å². The number of thiazole rings is 1. The van der Waals surface area contributed by atoms with Gasteiger partial charge in [0.05, 0.1) is 5.01 Å². The molecule has 0 spiro atoms. The molecule has 0 unspecified atom stereocenters. The summed E-state index contributed by atoms with van der Waals surface area (Å²) in [6.07, 6.45) is 3.34. The lowest BCUT2D eigenvalue weighted by Gasteiger charge is -2.25. The Labute approximate surface area is 121 Å². The molecule has 1 aliphatic rings. The van der Waals surface area contributed by atoms with E-state index in [-0.39, 0.29) is 0 Å². The van der Waals surface area contributed by atoms with Gasteiger partial charge in [0.1, 0.15) is 5.54 Å². The lowest BCUT2D eigenvalue weighted by molar-refractivity contribution is -0.144. The molecule has 1 aromatic heterocycles. The van der Waals surface area contributed by atoms with Crippen LogP contribution in [0.25, 0.3) is 0 Å². The van der Waals surface area contributed by atoms with Crippen LogP contribution in [0.1, 0.15) is 36.4 Å². The van der Waals surface area contributed by atoms with Crippen LogP contribution in [-0.2, 0) is 11.2 Å². The van der Waals surface area contributed by atoms with E-state index in [1.54, 1.807) is 11.3 Å². The van der Waals surface area contributed by atoms with Gasteiger partial charge in [0, 0.05) is 24.0 Å². The molecule has 20 heavy (non-hydrogen) atoms. The number of amides is 2. The SMILES string of the molecule is Cc1csc(CCNC(=O)NC2(C(=O)O)CCCC2)n1. The largest absolute Gasteiger partial charge is 0.480 e. The Morgan fingerprint density at radius 2 is 2.15 bits per heavy atom. The Bertz CT molecular complexity index is 495. The molecule has 0 atom stereocenters. The van der Waals surface area contributed by atoms with Crippen LogP contribution in [0.15, 0.2) is 5.38 Å². The number of carbonyl (C=O) groups excluding carboxylic acids is 1. The Morgan fingerprint density at radius 1 is 1.45 bits per heavy atom. The maximum Gasteiger partial charge on any atom is 0.329 e. The van der Waals surface area contributed by atoms with Crippen molar-refractivity contribution in [1.82, 2.24) is 15.6 Å². The first-order valence-corrected chi connectivity index (χ1v) is 7.60. The Kier molecular flexibility index (Phi) is 4.59. The van der Waals surface area contributed by atoms with Gasteiger partial charge in [-0.3, -0.25) is 0 Å². The zero-order chi connectivity index (χ0) is 14.6. The summed E-state index contributed by atoms with van der Waals surface area (Å²) < 4.78 is 0. The molecule has 0 bridgehead atoms. The van der Waals surface area contributed by atoms with E-state index in [1.165, 1.54) is 0 Å². The molecule has 7 heteroatoms. The number of urea groups is 1. The number of hydrogen-bond donors (Lipinski definition) is 3. The molecule has 2 rings (SSSR count). The Balaban J connectivity index is 1.78. The highest BCUT2D eigenvalue weighted by Crippen LogP contribution is 2.29. The fraction of sp³-hybridized carbons (Fsp3) is 0.615. The van der Waals surface area contributed by atoms with Crippen molar-refractivity contribution < 1.29 is 14.7 Å². The van der Waals surface area contributed by atoms with Crippen molar-refractivity contribution in [3.8, 4) is 0 Å². The number of hydrogen-bond acceptors (Lipinski definition) is 4. The highest BCUT2D eigenvalue weighted by Gasteiger charge is 2.42. The molecule has 6 nitrogen and oxygen atoms in total. The van der Waals surface area contributed by atoms with Crippen molar-refractivity contribution in [2.45, 2.75) is 44.6 Å². The number of carbonyl (C=O) groups is 2. The average Bonchev–Trinajstić information content (AvgIpc) is 2.99. The molecule has 1 saturated carbocycles. The molecule has 1 aromatic rings. The van der Waals surface area contributed by atoms with Crippen LogP contribution in [0, 0.1) is 6.92 Å². The number of aliphatic carboxylic acids is 1. The number of aromatic nitrogens is 1. The van der Waals surface area contributed by atoms with Crippen LogP contribution < -0.4 is 10.6 Å². The van der Waals surface area contributed by atoms with Gasteiger partial charge in [-0.15, -0.1) is 11.3 Å². The van der Waals surface area contributed by atoms with E-state index < -0.39 is 17.5 Å². The predicted molar refractivity (Wildman–Crippen MR) is 75.9 cm³/mol. The van der Waals surface area contributed by atoms with Crippen LogP contribution in [0.3, 0.4) is 0 Å². The first-order valence-electron chi connectivity index (χ1n) is 6.72. The molecule has 2 amide bonds. The number of carboxylic acids is 1. The summed E-state index contributed by atoms with van der Waals surface area (Å²) in [5.74, 6) is -0.944. The van der Waals surface area contributed by atoms with Gasteiger partial charge in [0.2, 0.25) is 0 Å². The molecule has 0 radical (unpaired) electrons. The van der Waals surface area contributed by atoms with Gasteiger partial charge in [0.15, 0.2) is 0 Å². The molecular weight excluding hydrogens is 278 g/mol. The fourth-order valence-corrected chi connectivity index (χ4v) is 3.21. The first-order chi connectivity index (χ1) is 9.52. The van der Waals surface area contributed by atoms with Crippen molar-refractivity contribution >= 4 is 23.3 Å². The number of rotatable bonds is 5. The molecule has 0 aliphatic heterocycles. The smallest absolute Gasteiger partial charge is 0.329 e. The second-order valence-electron chi connectivity index (χ2n) is 5.11. The van der Waals surface area contributed by atoms with Crippen LogP contribution in [0.5, 0.6) is 0 Å². The minimum atomic E-state index is -1.08. The standard InChI is InChI=1S/C13H19N3O3S/c1-9-8-20-10(15-9)4-7-14-12(19)16-13(11(17)18)5-2-3-6-13/h8H,2-7H2,1H3,(H,17,18)(H2,14,16,19). The molecule has 1 aliphatic carbocycles. The third-order valence-corrected chi connectivity index (χ3v) is 4.54. The predicted octanol–water partition coefficient (Wildman–Crippen LogP) is 1.69. The topological polar surface area (TPSA) is 91.3 Å². The monoisotopic (exact) mass is 297 g/mol. The molecule has 1 fully saturated rings. The van der Waals surface area contributed by atoms with E-state index in [0.29, 0.717) is 25.8 Å². The maximum atomic E-state index is 11.8. The first kappa shape index (κ1) is 14.8. The summed E-state index contributed by atoms with van der Waals surface area (Å²) in [5, 5.41) is 17.5. The summed E-state index contributed by atoms with van der Waals surface area (Å²) in [7, 11) is 0. The minimum Gasteiger partial charge on any atom is -0.480 e. The second-order valence-corrected chi connectivity index (χ2v) is 6.05. The van der Waals surface area contributed by atoms with Crippen molar-refractivity contribution in [3.63, 3.8) is 0 Å². The summed E-state index contributed by atoms with van der Waals surface area (Å²) in [6.45, 7) is 2.38. The minimum absolute atomic E-state index is 0.414. The fourth-order valence-electron chi connectivity index (χ4n) is 2.43. The van der Waals surface area contributed by atoms with E-state index in [0.717, 1.165) is 23.5 Å². The van der Waals surface area contributed by atoms with Crippen LogP contribution >= 0.6 is 11.3 Å². The van der Waals surface area contributed by atoms with Gasteiger partial charge < -0.3 is 15.7 Å². The van der Waals surface area contributed by atoms with Gasteiger partial charge in [-0.1, -0.05) is 12.8 Å². The number of carboxylic acid groups (broad SMARTS) is 1. The molecule has 0 aromatic carbocycles. The lowest BCUT2D eigenvalue weighted by Crippen LogP contribution is -2.55. The zero-order valence-corrected chi connectivity index (χ0v) is 12.3. The zero-order valence-electron chi connectivity index (χ0n) is 11.4. The third-order valence-electron chi connectivity index (χ3n) is 3.51. The van der Waals surface area contributed by atoms with E-state index in [9.17, 15) is 14.7 Å². The molecule has 110 valence electrons. The normalized spacial score (nSPS) is 16.9. The van der Waals surface area contributed by atoms with Crippen molar-refractivity contribution in [1.29, 1.82) is 0 Å². The number of nitrogens with one attached hydrogen (secondary N) is 2. The van der Waals surface area contributed by atoms with Gasteiger partial charge in [-0.2, -0.15) is 0 Å². The molecule has 3 N–H and O–H groups in total. The summed E-state index contributed by atoms with van der Waals surface area (Å²) in [6, 6.07) is -0.414. The summed E-state index contributed by atoms with van der Waals surface area (Å²) >= 11 is 1.56. The van der Waals surface area contributed by atoms with Crippen LogP contribution in [0.4, 0.5) is 4.79 Å². The Morgan fingerprint density at radius 3 is 2.70 bits per heavy atom. The highest BCUT2D eigenvalue weighted by atomic mass is 32.1. The highest BCUT2D eigenvalue weighted by molar-refractivity contribution is 7.09. The van der Waals surface area contributed by atoms with Gasteiger partial charge in [0.25, 0.3) is 0 Å². The van der Waals surface area contributed by atoms with Gasteiger partial charge in [-0.05, 0) is 19.8 Å². The average molecular weight is 297 g/mol. The lowest BCUT2D eigenvalue weighted by atomic mass is 9.98. The Hall–Kier alpha value is -1.63. The van der Waals surface area contributed by atoms with Crippen molar-refractivity contribution in [3.05, 3.63) is 16.1 Å². The second kappa shape index (κ2) is 6.21. The van der Waals surface area contributed by atoms with Gasteiger partial charge in [-0.25, -0.2) is 14.6 Å². The van der Waals surface area contributed by atoms with E-state index >= 15 is 0 Å².